The first kappa shape index (κ1) is 23.4. The Labute approximate surface area is 207 Å². The number of hydrogen-bond donors (Lipinski definition) is 1. The number of carbonyl (C=O) groups excluding carboxylic acids is 3. The van der Waals surface area contributed by atoms with Crippen LogP contribution in [-0.2, 0) is 14.8 Å². The summed E-state index contributed by atoms with van der Waals surface area (Å²) in [7, 11) is -3.66. The average molecular weight is 509 g/mol. The fourth-order valence-electron chi connectivity index (χ4n) is 4.54. The van der Waals surface area contributed by atoms with Gasteiger partial charge in [0.15, 0.2) is 11.6 Å². The Bertz CT molecular complexity index is 1460. The topological polar surface area (TPSA) is 101 Å². The van der Waals surface area contributed by atoms with E-state index in [1.54, 1.807) is 36.4 Å². The van der Waals surface area contributed by atoms with Crippen LogP contribution >= 0.6 is 11.6 Å². The van der Waals surface area contributed by atoms with E-state index in [2.05, 4.69) is 5.32 Å². The zero-order valence-electron chi connectivity index (χ0n) is 18.5. The number of benzene rings is 3. The molecule has 0 unspecified atom stereocenters. The highest BCUT2D eigenvalue weighted by molar-refractivity contribution is 7.89. The van der Waals surface area contributed by atoms with Crippen LogP contribution in [0.2, 0.25) is 5.02 Å². The minimum absolute atomic E-state index is 0.166. The number of rotatable bonds is 4. The van der Waals surface area contributed by atoms with Gasteiger partial charge in [-0.3, -0.25) is 14.4 Å². The third-order valence-electron chi connectivity index (χ3n) is 6.47. The van der Waals surface area contributed by atoms with E-state index in [4.69, 9.17) is 11.6 Å². The Kier molecular flexibility index (Phi) is 6.04. The number of nitrogens with zero attached hydrogens (tertiary/aromatic N) is 1. The predicted molar refractivity (Wildman–Crippen MR) is 131 cm³/mol. The Morgan fingerprint density at radius 3 is 2.03 bits per heavy atom. The highest BCUT2D eigenvalue weighted by Crippen LogP contribution is 2.30. The maximum Gasteiger partial charge on any atom is 0.243 e. The number of halogens is 1. The van der Waals surface area contributed by atoms with Crippen LogP contribution in [0.15, 0.2) is 71.6 Å². The van der Waals surface area contributed by atoms with Gasteiger partial charge in [0.05, 0.1) is 4.90 Å². The van der Waals surface area contributed by atoms with Crippen LogP contribution in [0.3, 0.4) is 0 Å². The molecule has 3 aromatic rings. The summed E-state index contributed by atoms with van der Waals surface area (Å²) in [5.74, 6) is -1.10. The largest absolute Gasteiger partial charge is 0.326 e. The first-order valence-corrected chi connectivity index (χ1v) is 13.0. The Morgan fingerprint density at radius 1 is 0.829 bits per heavy atom. The van der Waals surface area contributed by atoms with Crippen molar-refractivity contribution in [3.8, 4) is 0 Å². The van der Waals surface area contributed by atoms with Crippen molar-refractivity contribution in [2.45, 2.75) is 17.7 Å². The maximum atomic E-state index is 12.9. The number of anilines is 1. The van der Waals surface area contributed by atoms with Gasteiger partial charge in [-0.15, -0.1) is 0 Å². The van der Waals surface area contributed by atoms with Crippen LogP contribution in [0.4, 0.5) is 5.69 Å². The molecule has 9 heteroatoms. The smallest absolute Gasteiger partial charge is 0.243 e. The third-order valence-corrected chi connectivity index (χ3v) is 8.63. The number of nitrogens with one attached hydrogen (secondary N) is 1. The zero-order valence-corrected chi connectivity index (χ0v) is 20.1. The summed E-state index contributed by atoms with van der Waals surface area (Å²) in [5, 5.41) is 3.28. The van der Waals surface area contributed by atoms with Crippen LogP contribution in [0.5, 0.6) is 0 Å². The van der Waals surface area contributed by atoms with Gasteiger partial charge in [-0.1, -0.05) is 35.9 Å². The molecule has 1 heterocycles. The van der Waals surface area contributed by atoms with Crippen LogP contribution < -0.4 is 5.32 Å². The van der Waals surface area contributed by atoms with Crippen molar-refractivity contribution >= 4 is 44.8 Å². The molecule has 2 aliphatic rings. The lowest BCUT2D eigenvalue weighted by molar-refractivity contribution is -0.120. The third kappa shape index (κ3) is 4.29. The molecule has 1 N–H and O–H groups in total. The maximum absolute atomic E-state index is 12.9. The molecule has 0 bridgehead atoms. The highest BCUT2D eigenvalue weighted by atomic mass is 35.5. The van der Waals surface area contributed by atoms with Gasteiger partial charge in [0.2, 0.25) is 15.9 Å². The molecule has 0 atom stereocenters. The SMILES string of the molecule is O=C1c2ccccc2C(=O)c2cc(NC(=O)C3CCN(S(=O)(=O)c4ccc(Cl)cc4)CC3)ccc21. The van der Waals surface area contributed by atoms with Crippen molar-refractivity contribution in [3.63, 3.8) is 0 Å². The Hall–Kier alpha value is -3.33. The van der Waals surface area contributed by atoms with E-state index in [0.29, 0.717) is 40.2 Å². The molecule has 1 aliphatic carbocycles. The van der Waals surface area contributed by atoms with E-state index >= 15 is 0 Å². The molecular weight excluding hydrogens is 488 g/mol. The first-order chi connectivity index (χ1) is 16.8. The number of piperidine rings is 1. The lowest BCUT2D eigenvalue weighted by atomic mass is 9.84. The molecule has 3 aromatic carbocycles. The average Bonchev–Trinajstić information content (AvgIpc) is 2.87. The molecule has 1 fully saturated rings. The van der Waals surface area contributed by atoms with E-state index in [1.807, 2.05) is 0 Å². The quantitative estimate of drug-likeness (QED) is 0.446. The molecule has 1 aliphatic heterocycles. The lowest BCUT2D eigenvalue weighted by Crippen LogP contribution is -2.41. The summed E-state index contributed by atoms with van der Waals surface area (Å²) < 4.78 is 27.1. The van der Waals surface area contributed by atoms with Gasteiger partial charge in [-0.25, -0.2) is 8.42 Å². The fourth-order valence-corrected chi connectivity index (χ4v) is 6.13. The molecule has 0 saturated carbocycles. The summed E-state index contributed by atoms with van der Waals surface area (Å²) in [6.07, 6.45) is 0.739. The summed E-state index contributed by atoms with van der Waals surface area (Å²) in [6, 6.07) is 17.4. The van der Waals surface area contributed by atoms with Crippen molar-refractivity contribution in [2.75, 3.05) is 18.4 Å². The molecule has 1 amide bonds. The monoisotopic (exact) mass is 508 g/mol. The predicted octanol–water partition coefficient (Wildman–Crippen LogP) is 4.15. The summed E-state index contributed by atoms with van der Waals surface area (Å²) in [6.45, 7) is 0.439. The normalized spacial score (nSPS) is 16.5. The van der Waals surface area contributed by atoms with Crippen molar-refractivity contribution in [1.29, 1.82) is 0 Å². The molecule has 0 radical (unpaired) electrons. The molecular formula is C26H21ClN2O5S. The van der Waals surface area contributed by atoms with E-state index in [-0.39, 0.29) is 46.9 Å². The van der Waals surface area contributed by atoms with Gasteiger partial charge < -0.3 is 5.32 Å². The second-order valence-electron chi connectivity index (χ2n) is 8.59. The second-order valence-corrected chi connectivity index (χ2v) is 11.0. The molecule has 35 heavy (non-hydrogen) atoms. The van der Waals surface area contributed by atoms with E-state index in [0.717, 1.165) is 0 Å². The molecule has 178 valence electrons. The van der Waals surface area contributed by atoms with E-state index in [1.165, 1.54) is 34.6 Å². The highest BCUT2D eigenvalue weighted by Gasteiger charge is 2.33. The first-order valence-electron chi connectivity index (χ1n) is 11.1. The summed E-state index contributed by atoms with van der Waals surface area (Å²) in [4.78, 5) is 38.8. The summed E-state index contributed by atoms with van der Waals surface area (Å²) in [5.41, 5.74) is 1.72. The van der Waals surface area contributed by atoms with Crippen molar-refractivity contribution < 1.29 is 22.8 Å². The van der Waals surface area contributed by atoms with Gasteiger partial charge in [-0.2, -0.15) is 4.31 Å². The number of sulfonamides is 1. The van der Waals surface area contributed by atoms with E-state index in [9.17, 15) is 22.8 Å². The van der Waals surface area contributed by atoms with E-state index < -0.39 is 10.0 Å². The van der Waals surface area contributed by atoms with Gasteiger partial charge in [0.1, 0.15) is 0 Å². The Morgan fingerprint density at radius 2 is 1.40 bits per heavy atom. The fraction of sp³-hybridized carbons (Fsp3) is 0.192. The molecule has 1 saturated heterocycles. The number of ketones is 2. The molecule has 0 aromatic heterocycles. The number of hydrogen-bond acceptors (Lipinski definition) is 5. The van der Waals surface area contributed by atoms with Crippen molar-refractivity contribution in [3.05, 3.63) is 94.0 Å². The van der Waals surface area contributed by atoms with Crippen LogP contribution in [-0.4, -0.2) is 43.3 Å². The van der Waals surface area contributed by atoms with Crippen molar-refractivity contribution in [1.82, 2.24) is 4.31 Å². The zero-order chi connectivity index (χ0) is 24.7. The Balaban J connectivity index is 1.26. The number of fused-ring (bicyclic) bond motifs is 2. The van der Waals surface area contributed by atoms with Gasteiger partial charge >= 0.3 is 0 Å². The van der Waals surface area contributed by atoms with Crippen LogP contribution in [0.1, 0.15) is 44.7 Å². The molecule has 7 nitrogen and oxygen atoms in total. The van der Waals surface area contributed by atoms with Gasteiger partial charge in [0, 0.05) is 52.0 Å². The van der Waals surface area contributed by atoms with Crippen molar-refractivity contribution in [2.24, 2.45) is 5.92 Å². The number of amides is 1. The van der Waals surface area contributed by atoms with Crippen LogP contribution in [0.25, 0.3) is 0 Å². The van der Waals surface area contributed by atoms with Gasteiger partial charge in [-0.05, 0) is 55.3 Å². The lowest BCUT2D eigenvalue weighted by Gasteiger charge is -2.30. The van der Waals surface area contributed by atoms with Crippen LogP contribution in [0, 0.1) is 5.92 Å². The molecule has 0 spiro atoms. The summed E-state index contributed by atoms with van der Waals surface area (Å²) >= 11 is 5.86. The second kappa shape index (κ2) is 9.03. The van der Waals surface area contributed by atoms with Gasteiger partial charge in [0.25, 0.3) is 0 Å². The minimum Gasteiger partial charge on any atom is -0.326 e. The standard InChI is InChI=1S/C26H21ClN2O5S/c27-17-5-8-19(9-6-17)35(33,34)29-13-11-16(12-14-29)26(32)28-18-7-10-22-23(15-18)25(31)21-4-2-1-3-20(21)24(22)30/h1-10,15-16H,11-14H2,(H,28,32). The minimum atomic E-state index is -3.66. The number of carbonyl (C=O) groups is 3. The molecule has 5 rings (SSSR count).